The van der Waals surface area contributed by atoms with Crippen LogP contribution in [0.2, 0.25) is 0 Å². The van der Waals surface area contributed by atoms with Gasteiger partial charge in [0, 0.05) is 0 Å². The maximum absolute atomic E-state index is 12.4. The molecule has 1 aliphatic heterocycles. The lowest BCUT2D eigenvalue weighted by Crippen LogP contribution is -2.54. The van der Waals surface area contributed by atoms with Crippen LogP contribution < -0.4 is 0 Å². The molecule has 0 bridgehead atoms. The second-order valence-corrected chi connectivity index (χ2v) is 13.2. The Bertz CT molecular complexity index is 909. The van der Waals surface area contributed by atoms with E-state index >= 15 is 0 Å². The summed E-state index contributed by atoms with van der Waals surface area (Å²) in [4.78, 5) is 12.4. The van der Waals surface area contributed by atoms with Crippen LogP contribution in [0.25, 0.3) is 0 Å². The molecule has 0 amide bonds. The first kappa shape index (κ1) is 26.6. The zero-order chi connectivity index (χ0) is 25.9. The number of ether oxygens (including phenoxy) is 2. The summed E-state index contributed by atoms with van der Waals surface area (Å²) in [5.41, 5.74) is 4.21. The van der Waals surface area contributed by atoms with E-state index in [0.29, 0.717) is 35.0 Å². The van der Waals surface area contributed by atoms with Crippen molar-refractivity contribution in [3.05, 3.63) is 22.8 Å². The van der Waals surface area contributed by atoms with Gasteiger partial charge in [-0.15, -0.1) is 0 Å². The Balaban J connectivity index is 1.43. The molecular formula is C30H46O6. The van der Waals surface area contributed by atoms with Gasteiger partial charge in [0.15, 0.2) is 6.29 Å². The highest BCUT2D eigenvalue weighted by atomic mass is 16.7. The number of hydrogen-bond acceptors (Lipinski definition) is 6. The van der Waals surface area contributed by atoms with Gasteiger partial charge in [-0.3, -0.25) is 4.79 Å². The summed E-state index contributed by atoms with van der Waals surface area (Å²) in [5, 5.41) is 30.4. The molecule has 3 saturated carbocycles. The predicted molar refractivity (Wildman–Crippen MR) is 137 cm³/mol. The monoisotopic (exact) mass is 502 g/mol. The van der Waals surface area contributed by atoms with Crippen LogP contribution in [0.15, 0.2) is 22.8 Å². The fourth-order valence-corrected chi connectivity index (χ4v) is 8.79. The number of rotatable bonds is 4. The Kier molecular flexibility index (Phi) is 7.32. The van der Waals surface area contributed by atoms with Gasteiger partial charge in [-0.1, -0.05) is 44.9 Å². The molecule has 0 aromatic heterocycles. The maximum Gasteiger partial charge on any atom is 0.186 e. The summed E-state index contributed by atoms with van der Waals surface area (Å²) in [6.07, 6.45) is 5.03. The van der Waals surface area contributed by atoms with E-state index < -0.39 is 24.6 Å². The Hall–Kier alpha value is -1.05. The van der Waals surface area contributed by atoms with Gasteiger partial charge in [-0.2, -0.15) is 0 Å². The van der Waals surface area contributed by atoms with Crippen LogP contribution in [0.5, 0.6) is 0 Å². The van der Waals surface area contributed by atoms with E-state index in [4.69, 9.17) is 9.47 Å². The minimum Gasteiger partial charge on any atom is -0.388 e. The molecule has 3 N–H and O–H groups in total. The number of hydrogen-bond donors (Lipinski definition) is 3. The fraction of sp³-hybridized carbons (Fsp3) is 0.833. The highest BCUT2D eigenvalue weighted by molar-refractivity contribution is 5.74. The van der Waals surface area contributed by atoms with Crippen molar-refractivity contribution in [2.45, 2.75) is 104 Å². The van der Waals surface area contributed by atoms with Crippen LogP contribution in [0.4, 0.5) is 0 Å². The highest BCUT2D eigenvalue weighted by Crippen LogP contribution is 2.62. The van der Waals surface area contributed by atoms with Crippen LogP contribution in [0.1, 0.15) is 73.1 Å². The van der Waals surface area contributed by atoms with Crippen LogP contribution in [0.3, 0.4) is 0 Å². The molecule has 0 radical (unpaired) electrons. The molecule has 36 heavy (non-hydrogen) atoms. The van der Waals surface area contributed by atoms with Crippen LogP contribution in [-0.2, 0) is 14.3 Å². The smallest absolute Gasteiger partial charge is 0.186 e. The van der Waals surface area contributed by atoms with Crippen LogP contribution in [-0.4, -0.2) is 58.9 Å². The third kappa shape index (κ3) is 4.35. The van der Waals surface area contributed by atoms with Gasteiger partial charge in [0.05, 0.1) is 12.7 Å². The third-order valence-corrected chi connectivity index (χ3v) is 11.1. The van der Waals surface area contributed by atoms with E-state index in [1.165, 1.54) is 24.0 Å². The number of aliphatic hydroxyl groups excluding tert-OH is 3. The summed E-state index contributed by atoms with van der Waals surface area (Å²) >= 11 is 0. The first-order valence-electron chi connectivity index (χ1n) is 14.2. The Morgan fingerprint density at radius 2 is 1.92 bits per heavy atom. The van der Waals surface area contributed by atoms with Gasteiger partial charge in [0.1, 0.15) is 24.6 Å². The standard InChI is InChI=1S/C30H46O6/c1-15(2)19-8-9-30(5)12-23-18(13-31)6-7-20-17(4)26(11-22(20)16(3)21(23)10-24(19)30)36-29-28(34)27(33)25(32)14-35-29/h6,13,15,17,19-21,23-29,32-34H,7-12,14H2,1-5H3/b18-6-,22-16-. The number of aldehydes is 1. The molecule has 6 nitrogen and oxygen atoms in total. The summed E-state index contributed by atoms with van der Waals surface area (Å²) in [6.45, 7) is 11.7. The Labute approximate surface area is 216 Å². The highest BCUT2D eigenvalue weighted by Gasteiger charge is 2.54. The molecule has 0 spiro atoms. The molecule has 0 aromatic rings. The molecule has 1 saturated heterocycles. The second-order valence-electron chi connectivity index (χ2n) is 13.2. The average Bonchev–Trinajstić information content (AvgIpc) is 3.34. The van der Waals surface area contributed by atoms with Crippen molar-refractivity contribution in [3.8, 4) is 0 Å². The van der Waals surface area contributed by atoms with Crippen molar-refractivity contribution >= 4 is 6.29 Å². The first-order valence-corrected chi connectivity index (χ1v) is 14.2. The number of carbonyl (C=O) groups excluding carboxylic acids is 1. The summed E-state index contributed by atoms with van der Waals surface area (Å²) in [7, 11) is 0. The molecule has 5 rings (SSSR count). The fourth-order valence-electron chi connectivity index (χ4n) is 8.79. The predicted octanol–water partition coefficient (Wildman–Crippen LogP) is 4.03. The van der Waals surface area contributed by atoms with Gasteiger partial charge < -0.3 is 24.8 Å². The topological polar surface area (TPSA) is 96.2 Å². The van der Waals surface area contributed by atoms with Gasteiger partial charge >= 0.3 is 0 Å². The first-order chi connectivity index (χ1) is 17.1. The maximum atomic E-state index is 12.4. The van der Waals surface area contributed by atoms with Gasteiger partial charge in [0.25, 0.3) is 0 Å². The quantitative estimate of drug-likeness (QED) is 0.397. The normalized spacial score (nSPS) is 52.6. The summed E-state index contributed by atoms with van der Waals surface area (Å²) < 4.78 is 11.8. The molecule has 4 fully saturated rings. The lowest BCUT2D eigenvalue weighted by atomic mass is 9.55. The van der Waals surface area contributed by atoms with Crippen molar-refractivity contribution in [2.24, 2.45) is 46.8 Å². The van der Waals surface area contributed by atoms with E-state index in [2.05, 4.69) is 40.7 Å². The molecule has 4 aliphatic carbocycles. The number of aliphatic hydroxyl groups is 3. The Morgan fingerprint density at radius 1 is 1.17 bits per heavy atom. The molecule has 12 unspecified atom stereocenters. The van der Waals surface area contributed by atoms with Crippen molar-refractivity contribution in [3.63, 3.8) is 0 Å². The molecule has 6 heteroatoms. The van der Waals surface area contributed by atoms with E-state index in [-0.39, 0.29) is 18.6 Å². The van der Waals surface area contributed by atoms with E-state index in [1.807, 2.05) is 0 Å². The summed E-state index contributed by atoms with van der Waals surface area (Å²) in [6, 6.07) is 0. The zero-order valence-corrected chi connectivity index (χ0v) is 22.6. The van der Waals surface area contributed by atoms with Crippen LogP contribution in [0, 0.1) is 46.8 Å². The SMILES string of the molecule is C/C1=C2\CC(OC3OCC(O)C(O)C3O)C(C)C2C/C=C(/C=O)C2CC3(C)CCC(C(C)C)C3CC12. The average molecular weight is 503 g/mol. The zero-order valence-electron chi connectivity index (χ0n) is 22.6. The lowest BCUT2D eigenvalue weighted by Gasteiger charge is -2.49. The number of carbonyl (C=O) groups is 1. The number of allylic oxidation sites excluding steroid dienone is 3. The molecular weight excluding hydrogens is 456 g/mol. The Morgan fingerprint density at radius 3 is 2.61 bits per heavy atom. The van der Waals surface area contributed by atoms with Crippen molar-refractivity contribution < 1.29 is 29.6 Å². The molecule has 202 valence electrons. The second kappa shape index (κ2) is 9.92. The van der Waals surface area contributed by atoms with Crippen LogP contribution >= 0.6 is 0 Å². The van der Waals surface area contributed by atoms with E-state index in [0.717, 1.165) is 43.5 Å². The minimum atomic E-state index is -1.28. The number of fused-ring (bicyclic) bond motifs is 3. The molecule has 0 aromatic carbocycles. The molecule has 12 atom stereocenters. The largest absolute Gasteiger partial charge is 0.388 e. The van der Waals surface area contributed by atoms with Gasteiger partial charge in [-0.05, 0) is 97.9 Å². The summed E-state index contributed by atoms with van der Waals surface area (Å²) in [5.74, 6) is 3.30. The van der Waals surface area contributed by atoms with Crippen molar-refractivity contribution in [1.29, 1.82) is 0 Å². The van der Waals surface area contributed by atoms with E-state index in [1.54, 1.807) is 0 Å². The lowest BCUT2D eigenvalue weighted by molar-refractivity contribution is -0.285. The van der Waals surface area contributed by atoms with E-state index in [9.17, 15) is 20.1 Å². The van der Waals surface area contributed by atoms with Gasteiger partial charge in [0.2, 0.25) is 0 Å². The molecule has 1 heterocycles. The van der Waals surface area contributed by atoms with Gasteiger partial charge in [-0.25, -0.2) is 0 Å². The van der Waals surface area contributed by atoms with Crippen molar-refractivity contribution in [1.82, 2.24) is 0 Å². The third-order valence-electron chi connectivity index (χ3n) is 11.1. The minimum absolute atomic E-state index is 0.0541. The van der Waals surface area contributed by atoms with Crippen molar-refractivity contribution in [2.75, 3.05) is 6.61 Å². The molecule has 5 aliphatic rings.